The molecule has 0 heterocycles. The average Bonchev–Trinajstić information content (AvgIpc) is 2.48. The zero-order valence-electron chi connectivity index (χ0n) is 13.1. The Morgan fingerprint density at radius 1 is 1.24 bits per heavy atom. The molecule has 0 radical (unpaired) electrons. The van der Waals surface area contributed by atoms with Crippen LogP contribution < -0.4 is 5.73 Å². The monoisotopic (exact) mass is 309 g/mol. The van der Waals surface area contributed by atoms with E-state index in [-0.39, 0.29) is 5.78 Å². The van der Waals surface area contributed by atoms with Crippen LogP contribution in [0.4, 0.5) is 0 Å². The molecule has 1 atom stereocenters. The number of hydrogen-bond acceptors (Lipinski definition) is 3. The van der Waals surface area contributed by atoms with Gasteiger partial charge in [0.05, 0.1) is 10.8 Å². The summed E-state index contributed by atoms with van der Waals surface area (Å²) in [6.07, 6.45) is 4.81. The Hall–Kier alpha value is -1.00. The van der Waals surface area contributed by atoms with E-state index in [1.54, 1.807) is 12.1 Å². The first-order chi connectivity index (χ1) is 10.1. The minimum absolute atomic E-state index is 0.0232. The fourth-order valence-electron chi connectivity index (χ4n) is 2.52. The lowest BCUT2D eigenvalue weighted by atomic mass is 10.0. The zero-order chi connectivity index (χ0) is 15.7. The van der Waals surface area contributed by atoms with E-state index >= 15 is 0 Å². The van der Waals surface area contributed by atoms with Crippen molar-refractivity contribution in [3.8, 4) is 0 Å². The minimum atomic E-state index is -1.03. The number of carbonyl (C=O) groups is 1. The van der Waals surface area contributed by atoms with Gasteiger partial charge in [-0.05, 0) is 37.4 Å². The van der Waals surface area contributed by atoms with Gasteiger partial charge in [-0.1, -0.05) is 38.8 Å². The average molecular weight is 309 g/mol. The molecule has 0 bridgehead atoms. The van der Waals surface area contributed by atoms with E-state index in [0.717, 1.165) is 30.6 Å². The van der Waals surface area contributed by atoms with E-state index in [9.17, 15) is 9.00 Å². The second-order valence-corrected chi connectivity index (χ2v) is 6.94. The van der Waals surface area contributed by atoms with Crippen LogP contribution in [0.3, 0.4) is 0 Å². The largest absolute Gasteiger partial charge is 0.330 e. The van der Waals surface area contributed by atoms with Crippen LogP contribution in [0.2, 0.25) is 0 Å². The van der Waals surface area contributed by atoms with Gasteiger partial charge in [-0.3, -0.25) is 9.00 Å². The summed E-state index contributed by atoms with van der Waals surface area (Å²) in [7, 11) is -1.03. The van der Waals surface area contributed by atoms with E-state index < -0.39 is 10.8 Å². The molecule has 21 heavy (non-hydrogen) atoms. The molecule has 0 aromatic heterocycles. The van der Waals surface area contributed by atoms with Gasteiger partial charge in [-0.25, -0.2) is 0 Å². The highest BCUT2D eigenvalue weighted by molar-refractivity contribution is 7.85. The second kappa shape index (κ2) is 9.85. The third-order valence-electron chi connectivity index (χ3n) is 3.57. The van der Waals surface area contributed by atoms with Crippen molar-refractivity contribution in [2.45, 2.75) is 50.8 Å². The molecule has 118 valence electrons. The molecule has 0 aliphatic rings. The maximum Gasteiger partial charge on any atom is 0.164 e. The number of rotatable bonds is 10. The molecular weight excluding hydrogens is 282 g/mol. The maximum atomic E-state index is 12.5. The molecule has 0 saturated heterocycles. The topological polar surface area (TPSA) is 60.2 Å². The van der Waals surface area contributed by atoms with E-state index in [4.69, 9.17) is 5.73 Å². The summed E-state index contributed by atoms with van der Waals surface area (Å²) in [4.78, 5) is 12.6. The minimum Gasteiger partial charge on any atom is -0.330 e. The van der Waals surface area contributed by atoms with Crippen LogP contribution in [-0.2, 0) is 10.8 Å². The smallest absolute Gasteiger partial charge is 0.164 e. The Balaban J connectivity index is 2.77. The quantitative estimate of drug-likeness (QED) is 0.672. The molecule has 0 aliphatic carbocycles. The molecule has 2 N–H and O–H groups in total. The van der Waals surface area contributed by atoms with Crippen LogP contribution in [0.15, 0.2) is 29.2 Å². The van der Waals surface area contributed by atoms with Crippen molar-refractivity contribution < 1.29 is 9.00 Å². The van der Waals surface area contributed by atoms with Crippen molar-refractivity contribution in [2.75, 3.05) is 12.3 Å². The van der Waals surface area contributed by atoms with Crippen molar-refractivity contribution in [3.05, 3.63) is 29.8 Å². The van der Waals surface area contributed by atoms with Gasteiger partial charge in [-0.15, -0.1) is 0 Å². The van der Waals surface area contributed by atoms with Crippen molar-refractivity contribution >= 4 is 16.6 Å². The molecular formula is C17H27NO2S. The van der Waals surface area contributed by atoms with E-state index in [2.05, 4.69) is 13.8 Å². The van der Waals surface area contributed by atoms with E-state index in [1.165, 1.54) is 0 Å². The number of nitrogens with two attached hydrogens (primary N) is 1. The highest BCUT2D eigenvalue weighted by Crippen LogP contribution is 2.19. The SMILES string of the molecule is CCCC(CCC)CS(=O)c1cccc(C(=O)CCN)c1. The Morgan fingerprint density at radius 3 is 2.48 bits per heavy atom. The van der Waals surface area contributed by atoms with E-state index in [1.807, 2.05) is 12.1 Å². The summed E-state index contributed by atoms with van der Waals surface area (Å²) in [6, 6.07) is 7.20. The highest BCUT2D eigenvalue weighted by Gasteiger charge is 2.14. The van der Waals surface area contributed by atoms with Crippen molar-refractivity contribution in [3.63, 3.8) is 0 Å². The lowest BCUT2D eigenvalue weighted by molar-refractivity contribution is 0.0985. The van der Waals surface area contributed by atoms with Gasteiger partial charge < -0.3 is 5.73 Å². The highest BCUT2D eigenvalue weighted by atomic mass is 32.2. The molecule has 0 fully saturated rings. The first-order valence-electron chi connectivity index (χ1n) is 7.84. The maximum absolute atomic E-state index is 12.5. The Bertz CT molecular complexity index is 468. The predicted molar refractivity (Wildman–Crippen MR) is 89.0 cm³/mol. The number of ketones is 1. The van der Waals surface area contributed by atoms with Crippen molar-refractivity contribution in [2.24, 2.45) is 11.7 Å². The van der Waals surface area contributed by atoms with Crippen LogP contribution in [0, 0.1) is 5.92 Å². The molecule has 0 aliphatic heterocycles. The number of hydrogen-bond donors (Lipinski definition) is 1. The summed E-state index contributed by atoms with van der Waals surface area (Å²) < 4.78 is 12.5. The number of carbonyl (C=O) groups excluding carboxylic acids is 1. The fraction of sp³-hybridized carbons (Fsp3) is 0.588. The summed E-state index contributed by atoms with van der Waals surface area (Å²) in [5, 5.41) is 0. The number of benzene rings is 1. The normalized spacial score (nSPS) is 12.6. The summed E-state index contributed by atoms with van der Waals surface area (Å²) >= 11 is 0. The van der Waals surface area contributed by atoms with Gasteiger partial charge in [0.15, 0.2) is 5.78 Å². The molecule has 1 aromatic rings. The van der Waals surface area contributed by atoms with Gasteiger partial charge >= 0.3 is 0 Å². The Labute approximate surface area is 130 Å². The molecule has 0 spiro atoms. The number of Topliss-reactive ketones (excluding diaryl/α,β-unsaturated/α-hetero) is 1. The molecule has 1 aromatic carbocycles. The molecule has 0 saturated carbocycles. The summed E-state index contributed by atoms with van der Waals surface area (Å²) in [5.74, 6) is 1.22. The summed E-state index contributed by atoms with van der Waals surface area (Å²) in [6.45, 7) is 4.68. The van der Waals surface area contributed by atoms with Crippen molar-refractivity contribution in [1.29, 1.82) is 0 Å². The molecule has 1 rings (SSSR count). The molecule has 3 nitrogen and oxygen atoms in total. The Morgan fingerprint density at radius 2 is 1.90 bits per heavy atom. The lowest BCUT2D eigenvalue weighted by Gasteiger charge is -2.15. The van der Waals surface area contributed by atoms with Crippen LogP contribution >= 0.6 is 0 Å². The Kier molecular flexibility index (Phi) is 8.47. The van der Waals surface area contributed by atoms with Gasteiger partial charge in [0.2, 0.25) is 0 Å². The third-order valence-corrected chi connectivity index (χ3v) is 5.13. The standard InChI is InChI=1S/C17H27NO2S/c1-3-6-14(7-4-2)13-21(20)16-9-5-8-15(12-16)17(19)10-11-18/h5,8-9,12,14H,3-4,6-7,10-11,13,18H2,1-2H3. The van der Waals surface area contributed by atoms with Crippen LogP contribution in [-0.4, -0.2) is 22.3 Å². The van der Waals surface area contributed by atoms with Crippen molar-refractivity contribution in [1.82, 2.24) is 0 Å². The molecule has 0 amide bonds. The summed E-state index contributed by atoms with van der Waals surface area (Å²) in [5.41, 5.74) is 6.04. The van der Waals surface area contributed by atoms with Gasteiger partial charge in [0, 0.05) is 22.6 Å². The van der Waals surface area contributed by atoms with E-state index in [0.29, 0.717) is 30.2 Å². The third kappa shape index (κ3) is 6.10. The zero-order valence-corrected chi connectivity index (χ0v) is 14.0. The van der Waals surface area contributed by atoms with Gasteiger partial charge in [-0.2, -0.15) is 0 Å². The predicted octanol–water partition coefficient (Wildman–Crippen LogP) is 3.54. The molecule has 1 unspecified atom stereocenters. The first-order valence-corrected chi connectivity index (χ1v) is 9.15. The first kappa shape index (κ1) is 18.1. The van der Waals surface area contributed by atoms with Gasteiger partial charge in [0.1, 0.15) is 0 Å². The van der Waals surface area contributed by atoms with Crippen LogP contribution in [0.25, 0.3) is 0 Å². The van der Waals surface area contributed by atoms with Crippen LogP contribution in [0.1, 0.15) is 56.3 Å². The lowest BCUT2D eigenvalue weighted by Crippen LogP contribution is -2.12. The van der Waals surface area contributed by atoms with Crippen LogP contribution in [0.5, 0.6) is 0 Å². The fourth-order valence-corrected chi connectivity index (χ4v) is 3.97. The van der Waals surface area contributed by atoms with Gasteiger partial charge in [0.25, 0.3) is 0 Å². The second-order valence-electron chi connectivity index (χ2n) is 5.45. The molecule has 4 heteroatoms.